The Balaban J connectivity index is 1.79. The molecule has 0 bridgehead atoms. The fourth-order valence-electron chi connectivity index (χ4n) is 2.88. The van der Waals surface area contributed by atoms with Crippen molar-refractivity contribution in [3.05, 3.63) is 35.2 Å². The van der Waals surface area contributed by atoms with Crippen LogP contribution >= 0.6 is 0 Å². The molecule has 5 nitrogen and oxygen atoms in total. The normalized spacial score (nSPS) is 21.2. The van der Waals surface area contributed by atoms with Crippen LogP contribution in [0, 0.1) is 0 Å². The number of benzene rings is 1. The summed E-state index contributed by atoms with van der Waals surface area (Å²) in [5.74, 6) is 1.98. The van der Waals surface area contributed by atoms with Crippen LogP contribution in [0.1, 0.15) is 23.4 Å². The summed E-state index contributed by atoms with van der Waals surface area (Å²) in [6.07, 6.45) is 1.92. The van der Waals surface area contributed by atoms with Crippen LogP contribution in [0.4, 0.5) is 0 Å². The molecule has 2 aliphatic rings. The van der Waals surface area contributed by atoms with Crippen LogP contribution in [0.25, 0.3) is 11.4 Å². The first-order valence-corrected chi connectivity index (χ1v) is 6.69. The van der Waals surface area contributed by atoms with Gasteiger partial charge in [-0.2, -0.15) is 0 Å². The fourth-order valence-corrected chi connectivity index (χ4v) is 2.88. The van der Waals surface area contributed by atoms with Gasteiger partial charge in [0, 0.05) is 24.6 Å². The molecule has 1 aromatic heterocycles. The lowest BCUT2D eigenvalue weighted by atomic mass is 10.0. The van der Waals surface area contributed by atoms with E-state index in [0.29, 0.717) is 6.61 Å². The highest BCUT2D eigenvalue weighted by molar-refractivity contribution is 5.58. The molecule has 3 heterocycles. The van der Waals surface area contributed by atoms with Crippen molar-refractivity contribution in [1.82, 2.24) is 14.8 Å². The molecule has 2 aromatic rings. The Morgan fingerprint density at radius 1 is 1.21 bits per heavy atom. The van der Waals surface area contributed by atoms with Crippen molar-refractivity contribution in [2.75, 3.05) is 0 Å². The Hall–Kier alpha value is -1.72. The summed E-state index contributed by atoms with van der Waals surface area (Å²) in [7, 11) is 0. The van der Waals surface area contributed by atoms with Crippen LogP contribution in [0.2, 0.25) is 0 Å². The lowest BCUT2D eigenvalue weighted by Crippen LogP contribution is -2.32. The molecule has 5 heteroatoms. The van der Waals surface area contributed by atoms with E-state index in [4.69, 9.17) is 10.5 Å². The Kier molecular flexibility index (Phi) is 2.43. The number of aryl methyl sites for hydroxylation is 1. The Bertz CT molecular complexity index is 634. The average molecular weight is 256 g/mol. The van der Waals surface area contributed by atoms with E-state index in [9.17, 15) is 0 Å². The molecule has 0 radical (unpaired) electrons. The lowest BCUT2D eigenvalue weighted by molar-refractivity contribution is 0.134. The van der Waals surface area contributed by atoms with Gasteiger partial charge in [-0.1, -0.05) is 12.1 Å². The van der Waals surface area contributed by atoms with E-state index in [1.807, 2.05) is 0 Å². The third-order valence-corrected chi connectivity index (χ3v) is 3.96. The van der Waals surface area contributed by atoms with Gasteiger partial charge in [0.05, 0.1) is 13.2 Å². The second kappa shape index (κ2) is 4.15. The predicted molar refractivity (Wildman–Crippen MR) is 70.2 cm³/mol. The van der Waals surface area contributed by atoms with Crippen molar-refractivity contribution in [3.8, 4) is 11.4 Å². The molecule has 0 amide bonds. The van der Waals surface area contributed by atoms with Crippen LogP contribution in [0.3, 0.4) is 0 Å². The van der Waals surface area contributed by atoms with Crippen molar-refractivity contribution in [1.29, 1.82) is 0 Å². The smallest absolute Gasteiger partial charge is 0.164 e. The lowest BCUT2D eigenvalue weighted by Gasteiger charge is -2.20. The van der Waals surface area contributed by atoms with Gasteiger partial charge in [0.15, 0.2) is 5.82 Å². The van der Waals surface area contributed by atoms with Gasteiger partial charge in [-0.3, -0.25) is 0 Å². The van der Waals surface area contributed by atoms with E-state index >= 15 is 0 Å². The molecule has 1 unspecified atom stereocenters. The van der Waals surface area contributed by atoms with E-state index < -0.39 is 0 Å². The van der Waals surface area contributed by atoms with Gasteiger partial charge in [0.1, 0.15) is 5.82 Å². The van der Waals surface area contributed by atoms with Crippen molar-refractivity contribution in [2.24, 2.45) is 5.73 Å². The summed E-state index contributed by atoms with van der Waals surface area (Å²) in [4.78, 5) is 0. The number of nitrogens with zero attached hydrogens (tertiary/aromatic N) is 3. The number of hydrogen-bond donors (Lipinski definition) is 1. The maximum atomic E-state index is 6.05. The topological polar surface area (TPSA) is 66.0 Å². The Morgan fingerprint density at radius 2 is 2.11 bits per heavy atom. The molecule has 2 N–H and O–H groups in total. The highest BCUT2D eigenvalue weighted by atomic mass is 16.5. The molecule has 2 aliphatic heterocycles. The molecule has 0 spiro atoms. The molecular weight excluding hydrogens is 240 g/mol. The van der Waals surface area contributed by atoms with Gasteiger partial charge < -0.3 is 15.0 Å². The molecule has 1 aromatic carbocycles. The molecule has 0 aliphatic carbocycles. The van der Waals surface area contributed by atoms with Crippen LogP contribution in [0.15, 0.2) is 18.2 Å². The zero-order chi connectivity index (χ0) is 12.8. The molecule has 4 rings (SSSR count). The fraction of sp³-hybridized carbons (Fsp3) is 0.429. The zero-order valence-corrected chi connectivity index (χ0v) is 10.7. The van der Waals surface area contributed by atoms with Crippen LogP contribution in [0.5, 0.6) is 0 Å². The third-order valence-electron chi connectivity index (χ3n) is 3.96. The highest BCUT2D eigenvalue weighted by Gasteiger charge is 2.22. The first-order valence-electron chi connectivity index (χ1n) is 6.69. The number of hydrogen-bond acceptors (Lipinski definition) is 4. The molecule has 1 atom stereocenters. The zero-order valence-electron chi connectivity index (χ0n) is 10.7. The quantitative estimate of drug-likeness (QED) is 0.834. The molecule has 98 valence electrons. The van der Waals surface area contributed by atoms with Crippen LogP contribution in [-0.4, -0.2) is 20.8 Å². The third kappa shape index (κ3) is 1.77. The molecule has 0 fully saturated rings. The maximum absolute atomic E-state index is 6.05. The van der Waals surface area contributed by atoms with E-state index in [1.165, 1.54) is 11.1 Å². The Morgan fingerprint density at radius 3 is 3.05 bits per heavy atom. The standard InChI is InChI=1S/C14H16N4O/c15-12-3-4-13-16-17-14(18(13)6-12)9-1-2-10-7-19-8-11(10)5-9/h1-2,5,12H,3-4,6-8,15H2. The molecule has 0 saturated carbocycles. The first kappa shape index (κ1) is 11.1. The SMILES string of the molecule is NC1CCc2nnc(-c3ccc4c(c3)COC4)n2C1. The summed E-state index contributed by atoms with van der Waals surface area (Å²) in [6, 6.07) is 6.60. The monoisotopic (exact) mass is 256 g/mol. The minimum Gasteiger partial charge on any atom is -0.372 e. The molecular formula is C14H16N4O. The van der Waals surface area contributed by atoms with Crippen LogP contribution in [-0.2, 0) is 30.9 Å². The van der Waals surface area contributed by atoms with E-state index in [0.717, 1.165) is 43.2 Å². The number of aromatic nitrogens is 3. The summed E-state index contributed by atoms with van der Waals surface area (Å²) in [6.45, 7) is 2.23. The predicted octanol–water partition coefficient (Wildman–Crippen LogP) is 1.25. The number of fused-ring (bicyclic) bond motifs is 2. The van der Waals surface area contributed by atoms with Gasteiger partial charge in [-0.15, -0.1) is 10.2 Å². The minimum atomic E-state index is 0.208. The van der Waals surface area contributed by atoms with E-state index in [-0.39, 0.29) is 6.04 Å². The van der Waals surface area contributed by atoms with Crippen molar-refractivity contribution >= 4 is 0 Å². The first-order chi connectivity index (χ1) is 9.31. The second-order valence-electron chi connectivity index (χ2n) is 5.33. The Labute approximate surface area is 111 Å². The van der Waals surface area contributed by atoms with Gasteiger partial charge >= 0.3 is 0 Å². The highest BCUT2D eigenvalue weighted by Crippen LogP contribution is 2.27. The van der Waals surface area contributed by atoms with Crippen LogP contribution < -0.4 is 5.73 Å². The largest absolute Gasteiger partial charge is 0.372 e. The number of ether oxygens (including phenoxy) is 1. The maximum Gasteiger partial charge on any atom is 0.164 e. The summed E-state index contributed by atoms with van der Waals surface area (Å²) < 4.78 is 7.61. The summed E-state index contributed by atoms with van der Waals surface area (Å²) in [5, 5.41) is 8.63. The van der Waals surface area contributed by atoms with Gasteiger partial charge in [0.25, 0.3) is 0 Å². The summed E-state index contributed by atoms with van der Waals surface area (Å²) >= 11 is 0. The van der Waals surface area contributed by atoms with Crippen molar-refractivity contribution in [2.45, 2.75) is 38.6 Å². The van der Waals surface area contributed by atoms with Crippen molar-refractivity contribution < 1.29 is 4.74 Å². The number of nitrogens with two attached hydrogens (primary N) is 1. The minimum absolute atomic E-state index is 0.208. The van der Waals surface area contributed by atoms with E-state index in [1.54, 1.807) is 0 Å². The molecule has 19 heavy (non-hydrogen) atoms. The van der Waals surface area contributed by atoms with Gasteiger partial charge in [-0.25, -0.2) is 0 Å². The van der Waals surface area contributed by atoms with E-state index in [2.05, 4.69) is 33.0 Å². The second-order valence-corrected chi connectivity index (χ2v) is 5.33. The molecule has 0 saturated heterocycles. The van der Waals surface area contributed by atoms with Gasteiger partial charge in [-0.05, 0) is 23.6 Å². The van der Waals surface area contributed by atoms with Gasteiger partial charge in [0.2, 0.25) is 0 Å². The number of rotatable bonds is 1. The van der Waals surface area contributed by atoms with Crippen molar-refractivity contribution in [3.63, 3.8) is 0 Å². The summed E-state index contributed by atoms with van der Waals surface area (Å²) in [5.41, 5.74) is 9.69. The average Bonchev–Trinajstić information content (AvgIpc) is 3.03.